The Kier molecular flexibility index (Phi) is 5.37. The van der Waals surface area contributed by atoms with Crippen molar-refractivity contribution in [2.24, 2.45) is 0 Å². The Bertz CT molecular complexity index is 204. The number of rotatable bonds is 5. The maximum atomic E-state index is 9.71. The first kappa shape index (κ1) is 13.6. The van der Waals surface area contributed by atoms with E-state index in [-0.39, 0.29) is 18.3 Å². The van der Waals surface area contributed by atoms with Crippen LogP contribution in [0.3, 0.4) is 0 Å². The molecule has 5 heteroatoms. The Morgan fingerprint density at radius 2 is 1.88 bits per heavy atom. The van der Waals surface area contributed by atoms with Crippen LogP contribution in [-0.4, -0.2) is 56.6 Å². The third kappa shape index (κ3) is 2.81. The second-order valence-electron chi connectivity index (χ2n) is 3.72. The normalized spacial score (nSPS) is 39.6. The molecule has 0 aromatic rings. The number of aliphatic hydroxyl groups is 1. The van der Waals surface area contributed by atoms with Gasteiger partial charge in [-0.1, -0.05) is 6.08 Å². The highest BCUT2D eigenvalue weighted by Gasteiger charge is 2.44. The lowest BCUT2D eigenvalue weighted by Crippen LogP contribution is -2.58. The van der Waals surface area contributed by atoms with Gasteiger partial charge in [0.05, 0.1) is 12.7 Å². The van der Waals surface area contributed by atoms with Gasteiger partial charge < -0.3 is 24.1 Å². The monoisotopic (exact) mass is 232 g/mol. The van der Waals surface area contributed by atoms with Gasteiger partial charge in [-0.3, -0.25) is 0 Å². The third-order valence-corrected chi connectivity index (χ3v) is 2.70. The zero-order valence-corrected chi connectivity index (χ0v) is 9.96. The van der Waals surface area contributed by atoms with Crippen LogP contribution in [0.4, 0.5) is 0 Å². The van der Waals surface area contributed by atoms with Gasteiger partial charge in [-0.25, -0.2) is 0 Å². The summed E-state index contributed by atoms with van der Waals surface area (Å²) in [4.78, 5) is 0. The highest BCUT2D eigenvalue weighted by atomic mass is 16.7. The lowest BCUT2D eigenvalue weighted by molar-refractivity contribution is -0.293. The van der Waals surface area contributed by atoms with Crippen molar-refractivity contribution in [3.63, 3.8) is 0 Å². The molecule has 1 saturated heterocycles. The van der Waals surface area contributed by atoms with E-state index in [1.165, 1.54) is 7.11 Å². The molecule has 0 saturated carbocycles. The predicted molar refractivity (Wildman–Crippen MR) is 58.1 cm³/mol. The molecule has 1 aliphatic heterocycles. The number of aliphatic hydroxyl groups excluding tert-OH is 1. The number of ether oxygens (including phenoxy) is 4. The van der Waals surface area contributed by atoms with Gasteiger partial charge in [0.15, 0.2) is 6.29 Å². The molecule has 0 unspecified atom stereocenters. The van der Waals surface area contributed by atoms with Crippen LogP contribution in [0.25, 0.3) is 0 Å². The van der Waals surface area contributed by atoms with Crippen LogP contribution in [0, 0.1) is 0 Å². The molecular weight excluding hydrogens is 212 g/mol. The number of methoxy groups -OCH3 is 2. The minimum Gasteiger partial charge on any atom is -0.376 e. The quantitative estimate of drug-likeness (QED) is 0.692. The molecule has 0 bridgehead atoms. The van der Waals surface area contributed by atoms with E-state index in [0.29, 0.717) is 6.61 Å². The molecule has 94 valence electrons. The summed E-state index contributed by atoms with van der Waals surface area (Å²) in [6.45, 7) is 5.79. The number of hydrogen-bond acceptors (Lipinski definition) is 5. The smallest absolute Gasteiger partial charge is 0.184 e. The van der Waals surface area contributed by atoms with Gasteiger partial charge in [-0.15, -0.1) is 6.58 Å². The summed E-state index contributed by atoms with van der Waals surface area (Å²) in [6.07, 6.45) is -0.796. The summed E-state index contributed by atoms with van der Waals surface area (Å²) in [5.41, 5.74) is 0. The summed E-state index contributed by atoms with van der Waals surface area (Å²) >= 11 is 0. The van der Waals surface area contributed by atoms with Gasteiger partial charge in [0.2, 0.25) is 0 Å². The van der Waals surface area contributed by atoms with Crippen molar-refractivity contribution in [3.8, 4) is 0 Å². The molecule has 0 aromatic carbocycles. The van der Waals surface area contributed by atoms with Gasteiger partial charge >= 0.3 is 0 Å². The Labute approximate surface area is 95.9 Å². The van der Waals surface area contributed by atoms with E-state index in [2.05, 4.69) is 6.58 Å². The molecule has 1 rings (SSSR count). The van der Waals surface area contributed by atoms with Crippen LogP contribution in [-0.2, 0) is 18.9 Å². The van der Waals surface area contributed by atoms with Crippen LogP contribution in [0.1, 0.15) is 6.92 Å². The van der Waals surface area contributed by atoms with E-state index in [4.69, 9.17) is 18.9 Å². The van der Waals surface area contributed by atoms with Crippen LogP contribution in [0.2, 0.25) is 0 Å². The van der Waals surface area contributed by atoms with Crippen molar-refractivity contribution in [1.29, 1.82) is 0 Å². The Morgan fingerprint density at radius 3 is 2.38 bits per heavy atom. The van der Waals surface area contributed by atoms with Crippen LogP contribution in [0.15, 0.2) is 12.7 Å². The van der Waals surface area contributed by atoms with E-state index in [1.807, 2.05) is 6.92 Å². The molecule has 0 aromatic heterocycles. The van der Waals surface area contributed by atoms with Gasteiger partial charge in [-0.2, -0.15) is 0 Å². The van der Waals surface area contributed by atoms with Gasteiger partial charge in [0, 0.05) is 14.2 Å². The fraction of sp³-hybridized carbons (Fsp3) is 0.818. The number of hydrogen-bond donors (Lipinski definition) is 1. The summed E-state index contributed by atoms with van der Waals surface area (Å²) < 4.78 is 21.4. The molecule has 0 radical (unpaired) electrons. The summed E-state index contributed by atoms with van der Waals surface area (Å²) in [7, 11) is 3.09. The molecule has 1 aliphatic rings. The first-order valence-electron chi connectivity index (χ1n) is 5.27. The summed E-state index contributed by atoms with van der Waals surface area (Å²) in [5, 5.41) is 9.71. The van der Waals surface area contributed by atoms with Crippen LogP contribution in [0.5, 0.6) is 0 Å². The highest BCUT2D eigenvalue weighted by Crippen LogP contribution is 2.25. The molecule has 1 N–H and O–H groups in total. The van der Waals surface area contributed by atoms with Gasteiger partial charge in [-0.05, 0) is 6.92 Å². The largest absolute Gasteiger partial charge is 0.376 e. The van der Waals surface area contributed by atoms with Crippen LogP contribution < -0.4 is 0 Å². The molecule has 5 atom stereocenters. The molecule has 1 fully saturated rings. The molecule has 0 aliphatic carbocycles. The van der Waals surface area contributed by atoms with Crippen molar-refractivity contribution in [3.05, 3.63) is 12.7 Å². The lowest BCUT2D eigenvalue weighted by atomic mass is 9.99. The second-order valence-corrected chi connectivity index (χ2v) is 3.72. The van der Waals surface area contributed by atoms with E-state index >= 15 is 0 Å². The first-order valence-corrected chi connectivity index (χ1v) is 5.27. The van der Waals surface area contributed by atoms with Crippen molar-refractivity contribution in [1.82, 2.24) is 0 Å². The van der Waals surface area contributed by atoms with Crippen molar-refractivity contribution in [2.75, 3.05) is 20.8 Å². The Balaban J connectivity index is 2.76. The average Bonchev–Trinajstić information content (AvgIpc) is 2.26. The van der Waals surface area contributed by atoms with E-state index < -0.39 is 12.4 Å². The van der Waals surface area contributed by atoms with E-state index in [0.717, 1.165) is 0 Å². The Morgan fingerprint density at radius 1 is 1.25 bits per heavy atom. The molecule has 0 spiro atoms. The molecular formula is C11H20O5. The SMILES string of the molecule is C=CCO[C@@H]1[C@@H](OC)[C@H](C)O[C@@H](O)[C@@H]1OC. The fourth-order valence-electron chi connectivity index (χ4n) is 1.94. The maximum Gasteiger partial charge on any atom is 0.184 e. The van der Waals surface area contributed by atoms with Crippen molar-refractivity contribution in [2.45, 2.75) is 37.6 Å². The topological polar surface area (TPSA) is 57.2 Å². The lowest BCUT2D eigenvalue weighted by Gasteiger charge is -2.42. The minimum absolute atomic E-state index is 0.249. The molecule has 0 amide bonds. The summed E-state index contributed by atoms with van der Waals surface area (Å²) in [6, 6.07) is 0. The van der Waals surface area contributed by atoms with E-state index in [9.17, 15) is 5.11 Å². The summed E-state index contributed by atoms with van der Waals surface area (Å²) in [5.74, 6) is 0. The van der Waals surface area contributed by atoms with Crippen molar-refractivity contribution < 1.29 is 24.1 Å². The maximum absolute atomic E-state index is 9.71. The van der Waals surface area contributed by atoms with E-state index in [1.54, 1.807) is 13.2 Å². The van der Waals surface area contributed by atoms with Gasteiger partial charge in [0.25, 0.3) is 0 Å². The van der Waals surface area contributed by atoms with Gasteiger partial charge in [0.1, 0.15) is 18.3 Å². The first-order chi connectivity index (χ1) is 7.65. The minimum atomic E-state index is -0.999. The van der Waals surface area contributed by atoms with Crippen LogP contribution >= 0.6 is 0 Å². The van der Waals surface area contributed by atoms with Crippen molar-refractivity contribution >= 4 is 0 Å². The zero-order chi connectivity index (χ0) is 12.1. The predicted octanol–water partition coefficient (Wildman–Crippen LogP) is 0.325. The zero-order valence-electron chi connectivity index (χ0n) is 9.96. The standard InChI is InChI=1S/C11H20O5/c1-5-6-15-9-8(13-3)7(2)16-11(12)10(9)14-4/h5,7-12H,1,6H2,2-4H3/t7-,8-,9+,10+,11+/m0/s1. The average molecular weight is 232 g/mol. The molecule has 16 heavy (non-hydrogen) atoms. The molecule has 1 heterocycles. The Hall–Kier alpha value is -0.460. The fourth-order valence-corrected chi connectivity index (χ4v) is 1.94. The molecule has 5 nitrogen and oxygen atoms in total. The second kappa shape index (κ2) is 6.32. The third-order valence-electron chi connectivity index (χ3n) is 2.70. The highest BCUT2D eigenvalue weighted by molar-refractivity contribution is 4.90.